The third kappa shape index (κ3) is 5.17. The van der Waals surface area contributed by atoms with Crippen molar-refractivity contribution in [3.63, 3.8) is 0 Å². The summed E-state index contributed by atoms with van der Waals surface area (Å²) in [4.78, 5) is 24.6. The van der Waals surface area contributed by atoms with E-state index in [4.69, 9.17) is 0 Å². The second kappa shape index (κ2) is 9.48. The Balaban J connectivity index is 2.01. The molecule has 1 unspecified atom stereocenters. The highest BCUT2D eigenvalue weighted by atomic mass is 32.2. The van der Waals surface area contributed by atoms with Gasteiger partial charge in [0.15, 0.2) is 0 Å². The summed E-state index contributed by atoms with van der Waals surface area (Å²) in [6, 6.07) is 13.8. The second-order valence-electron chi connectivity index (χ2n) is 6.16. The third-order valence-corrected chi connectivity index (χ3v) is 6.31. The molecule has 8 heteroatoms. The third-order valence-electron chi connectivity index (χ3n) is 4.24. The lowest BCUT2D eigenvalue weighted by Crippen LogP contribution is -2.41. The molecule has 1 atom stereocenters. The summed E-state index contributed by atoms with van der Waals surface area (Å²) in [6.45, 7) is 5.91. The predicted octanol–water partition coefficient (Wildman–Crippen LogP) is 2.47. The van der Waals surface area contributed by atoms with E-state index in [9.17, 15) is 18.0 Å². The average Bonchev–Trinajstić information content (AvgIpc) is 2.69. The fourth-order valence-corrected chi connectivity index (χ4v) is 4.07. The molecule has 0 saturated carbocycles. The molecule has 0 spiro atoms. The number of nitrogens with zero attached hydrogens (tertiary/aromatic N) is 1. The lowest BCUT2D eigenvalue weighted by Gasteiger charge is -2.19. The van der Waals surface area contributed by atoms with Crippen molar-refractivity contribution in [2.24, 2.45) is 0 Å². The minimum absolute atomic E-state index is 0.166. The Kier molecular flexibility index (Phi) is 7.31. The number of benzene rings is 2. The minimum atomic E-state index is -3.55. The maximum atomic E-state index is 12.5. The van der Waals surface area contributed by atoms with Gasteiger partial charge >= 0.3 is 0 Å². The zero-order valence-corrected chi connectivity index (χ0v) is 17.0. The van der Waals surface area contributed by atoms with E-state index in [1.807, 2.05) is 0 Å². The summed E-state index contributed by atoms with van der Waals surface area (Å²) in [7, 11) is -3.55. The van der Waals surface area contributed by atoms with E-state index in [1.165, 1.54) is 28.6 Å². The van der Waals surface area contributed by atoms with Crippen LogP contribution in [0, 0.1) is 0 Å². The molecule has 2 N–H and O–H groups in total. The van der Waals surface area contributed by atoms with Crippen LogP contribution >= 0.6 is 0 Å². The number of amides is 2. The normalized spacial score (nSPS) is 12.4. The monoisotopic (exact) mass is 403 g/mol. The highest BCUT2D eigenvalue weighted by molar-refractivity contribution is 7.89. The van der Waals surface area contributed by atoms with Gasteiger partial charge in [-0.1, -0.05) is 32.0 Å². The van der Waals surface area contributed by atoms with Crippen LogP contribution in [0.25, 0.3) is 0 Å². The Hall–Kier alpha value is -2.71. The minimum Gasteiger partial charge on any atom is -0.341 e. The molecule has 0 saturated heterocycles. The fraction of sp³-hybridized carbons (Fsp3) is 0.300. The highest BCUT2D eigenvalue weighted by Crippen LogP contribution is 2.18. The van der Waals surface area contributed by atoms with Gasteiger partial charge < -0.3 is 10.6 Å². The molecule has 7 nitrogen and oxygen atoms in total. The van der Waals surface area contributed by atoms with Crippen molar-refractivity contribution in [2.75, 3.05) is 18.4 Å². The molecule has 2 rings (SSSR count). The molecule has 0 radical (unpaired) electrons. The lowest BCUT2D eigenvalue weighted by molar-refractivity contribution is -0.117. The molecule has 2 aromatic carbocycles. The van der Waals surface area contributed by atoms with Gasteiger partial charge in [-0.3, -0.25) is 9.59 Å². The average molecular weight is 404 g/mol. The number of rotatable bonds is 8. The SMILES string of the molecule is CCN(CC)S(=O)(=O)c1ccc(NC(=O)C(C)NC(=O)c2ccccc2)cc1. The largest absolute Gasteiger partial charge is 0.341 e. The van der Waals surface area contributed by atoms with Crippen molar-refractivity contribution in [3.8, 4) is 0 Å². The molecule has 0 aliphatic heterocycles. The van der Waals surface area contributed by atoms with Crippen molar-refractivity contribution in [1.29, 1.82) is 0 Å². The van der Waals surface area contributed by atoms with Crippen molar-refractivity contribution in [1.82, 2.24) is 9.62 Å². The van der Waals surface area contributed by atoms with Gasteiger partial charge in [-0.05, 0) is 43.3 Å². The Morgan fingerprint density at radius 3 is 2.07 bits per heavy atom. The molecule has 150 valence electrons. The zero-order valence-electron chi connectivity index (χ0n) is 16.2. The van der Waals surface area contributed by atoms with Crippen LogP contribution in [0.1, 0.15) is 31.1 Å². The van der Waals surface area contributed by atoms with Crippen LogP contribution in [0.4, 0.5) is 5.69 Å². The molecule has 0 aromatic heterocycles. The first-order valence-corrected chi connectivity index (χ1v) is 10.5. The first-order chi connectivity index (χ1) is 13.3. The van der Waals surface area contributed by atoms with Gasteiger partial charge in [0.1, 0.15) is 6.04 Å². The number of carbonyl (C=O) groups is 2. The maximum absolute atomic E-state index is 12.5. The number of carbonyl (C=O) groups excluding carboxylic acids is 2. The molecule has 0 heterocycles. The van der Waals surface area contributed by atoms with Gasteiger partial charge in [-0.25, -0.2) is 8.42 Å². The number of anilines is 1. The van der Waals surface area contributed by atoms with E-state index in [1.54, 1.807) is 51.1 Å². The molecule has 0 fully saturated rings. The lowest BCUT2D eigenvalue weighted by atomic mass is 10.2. The van der Waals surface area contributed by atoms with Crippen LogP contribution in [-0.4, -0.2) is 43.7 Å². The number of sulfonamides is 1. The summed E-state index contributed by atoms with van der Waals surface area (Å²) in [5, 5.41) is 5.30. The molecule has 0 aliphatic carbocycles. The van der Waals surface area contributed by atoms with Crippen LogP contribution in [0.5, 0.6) is 0 Å². The van der Waals surface area contributed by atoms with Gasteiger partial charge in [0.2, 0.25) is 15.9 Å². The topological polar surface area (TPSA) is 95.6 Å². The summed E-state index contributed by atoms with van der Waals surface area (Å²) in [5.41, 5.74) is 0.914. The fourth-order valence-electron chi connectivity index (χ4n) is 2.61. The quantitative estimate of drug-likeness (QED) is 0.708. The van der Waals surface area contributed by atoms with Gasteiger partial charge in [0, 0.05) is 24.3 Å². The van der Waals surface area contributed by atoms with Crippen LogP contribution in [-0.2, 0) is 14.8 Å². The molecular formula is C20H25N3O4S. The molecule has 28 heavy (non-hydrogen) atoms. The highest BCUT2D eigenvalue weighted by Gasteiger charge is 2.22. The van der Waals surface area contributed by atoms with Crippen molar-refractivity contribution in [3.05, 3.63) is 60.2 Å². The van der Waals surface area contributed by atoms with E-state index in [2.05, 4.69) is 10.6 Å². The van der Waals surface area contributed by atoms with Gasteiger partial charge in [-0.2, -0.15) is 4.31 Å². The Labute approximate surface area is 165 Å². The van der Waals surface area contributed by atoms with E-state index in [0.717, 1.165) is 0 Å². The smallest absolute Gasteiger partial charge is 0.251 e. The van der Waals surface area contributed by atoms with Crippen LogP contribution in [0.15, 0.2) is 59.5 Å². The summed E-state index contributed by atoms with van der Waals surface area (Å²) in [6.07, 6.45) is 0. The Morgan fingerprint density at radius 2 is 1.54 bits per heavy atom. The zero-order chi connectivity index (χ0) is 20.7. The first kappa shape index (κ1) is 21.6. The maximum Gasteiger partial charge on any atom is 0.251 e. The summed E-state index contributed by atoms with van der Waals surface area (Å²) < 4.78 is 26.3. The molecule has 2 aromatic rings. The predicted molar refractivity (Wildman–Crippen MR) is 109 cm³/mol. The Bertz CT molecular complexity index is 908. The molecule has 0 aliphatic rings. The van der Waals surface area contributed by atoms with E-state index >= 15 is 0 Å². The number of hydrogen-bond donors (Lipinski definition) is 2. The molecule has 2 amide bonds. The van der Waals surface area contributed by atoms with E-state index in [-0.39, 0.29) is 10.8 Å². The van der Waals surface area contributed by atoms with Gasteiger partial charge in [0.05, 0.1) is 4.90 Å². The second-order valence-corrected chi connectivity index (χ2v) is 8.10. The first-order valence-electron chi connectivity index (χ1n) is 9.06. The van der Waals surface area contributed by atoms with Crippen LogP contribution < -0.4 is 10.6 Å². The number of nitrogens with one attached hydrogen (secondary N) is 2. The van der Waals surface area contributed by atoms with E-state index in [0.29, 0.717) is 24.3 Å². The van der Waals surface area contributed by atoms with Crippen molar-refractivity contribution >= 4 is 27.5 Å². The van der Waals surface area contributed by atoms with Gasteiger partial charge in [0.25, 0.3) is 5.91 Å². The summed E-state index contributed by atoms with van der Waals surface area (Å²) in [5.74, 6) is -0.743. The number of hydrogen-bond acceptors (Lipinski definition) is 4. The standard InChI is InChI=1S/C20H25N3O4S/c1-4-23(5-2)28(26,27)18-13-11-17(12-14-18)22-19(24)15(3)21-20(25)16-9-7-6-8-10-16/h6-15H,4-5H2,1-3H3,(H,21,25)(H,22,24). The van der Waals surface area contributed by atoms with Crippen LogP contribution in [0.2, 0.25) is 0 Å². The van der Waals surface area contributed by atoms with Crippen molar-refractivity contribution < 1.29 is 18.0 Å². The molecular weight excluding hydrogens is 378 g/mol. The van der Waals surface area contributed by atoms with Crippen LogP contribution in [0.3, 0.4) is 0 Å². The Morgan fingerprint density at radius 1 is 0.964 bits per heavy atom. The van der Waals surface area contributed by atoms with Crippen molar-refractivity contribution in [2.45, 2.75) is 31.7 Å². The molecule has 0 bridgehead atoms. The summed E-state index contributed by atoms with van der Waals surface area (Å²) >= 11 is 0. The van der Waals surface area contributed by atoms with E-state index < -0.39 is 22.0 Å². The van der Waals surface area contributed by atoms with Gasteiger partial charge in [-0.15, -0.1) is 0 Å².